The molecule has 0 bridgehead atoms. The molecule has 6 nitrogen and oxygen atoms in total. The van der Waals surface area contributed by atoms with Crippen molar-refractivity contribution in [1.82, 2.24) is 10.2 Å². The van der Waals surface area contributed by atoms with Gasteiger partial charge in [-0.25, -0.2) is 4.79 Å². The number of aliphatic hydroxyl groups excluding tert-OH is 1. The zero-order chi connectivity index (χ0) is 24.6. The van der Waals surface area contributed by atoms with Crippen LogP contribution in [0.1, 0.15) is 31.4 Å². The molecule has 0 aliphatic rings. The Kier molecular flexibility index (Phi) is 9.28. The van der Waals surface area contributed by atoms with E-state index in [1.807, 2.05) is 0 Å². The largest absolute Gasteiger partial charge is 0.465 e. The van der Waals surface area contributed by atoms with Gasteiger partial charge in [-0.2, -0.15) is 13.2 Å². The van der Waals surface area contributed by atoms with Crippen molar-refractivity contribution in [2.45, 2.75) is 57.6 Å². The number of amides is 2. The quantitative estimate of drug-likeness (QED) is 0.489. The first-order valence-corrected chi connectivity index (χ1v) is 10.6. The van der Waals surface area contributed by atoms with E-state index in [0.29, 0.717) is 5.56 Å². The molecule has 2 rings (SSSR count). The van der Waals surface area contributed by atoms with Crippen molar-refractivity contribution >= 4 is 12.0 Å². The van der Waals surface area contributed by atoms with E-state index in [1.165, 1.54) is 0 Å². The number of nitrogens with zero attached hydrogens (tertiary/aromatic N) is 1. The molecule has 0 aliphatic carbocycles. The molecule has 0 saturated carbocycles. The van der Waals surface area contributed by atoms with Gasteiger partial charge in [0.15, 0.2) is 6.10 Å². The van der Waals surface area contributed by atoms with Gasteiger partial charge < -0.3 is 15.5 Å². The van der Waals surface area contributed by atoms with E-state index in [2.05, 4.69) is 5.32 Å². The minimum Gasteiger partial charge on any atom is -0.465 e. The second kappa shape index (κ2) is 11.7. The summed E-state index contributed by atoms with van der Waals surface area (Å²) in [5, 5.41) is 21.9. The minimum atomic E-state index is -4.95. The highest BCUT2D eigenvalue weighted by Crippen LogP contribution is 2.25. The van der Waals surface area contributed by atoms with Crippen molar-refractivity contribution in [3.05, 3.63) is 71.8 Å². The molecule has 0 unspecified atom stereocenters. The van der Waals surface area contributed by atoms with E-state index in [0.717, 1.165) is 10.5 Å². The average molecular weight is 467 g/mol. The Bertz CT molecular complexity index is 892. The number of alkyl halides is 3. The van der Waals surface area contributed by atoms with Crippen LogP contribution in [0.3, 0.4) is 0 Å². The summed E-state index contributed by atoms with van der Waals surface area (Å²) in [7, 11) is 0. The van der Waals surface area contributed by atoms with Gasteiger partial charge in [-0.05, 0) is 29.9 Å². The number of aliphatic hydroxyl groups is 1. The van der Waals surface area contributed by atoms with Gasteiger partial charge in [-0.3, -0.25) is 9.69 Å². The molecule has 0 aliphatic heterocycles. The summed E-state index contributed by atoms with van der Waals surface area (Å²) in [5.41, 5.74) is 1.39. The van der Waals surface area contributed by atoms with Gasteiger partial charge in [0, 0.05) is 6.54 Å². The van der Waals surface area contributed by atoms with Crippen LogP contribution in [-0.4, -0.2) is 51.5 Å². The van der Waals surface area contributed by atoms with Crippen molar-refractivity contribution in [1.29, 1.82) is 0 Å². The first-order chi connectivity index (χ1) is 15.5. The van der Waals surface area contributed by atoms with Crippen LogP contribution in [0.25, 0.3) is 0 Å². The predicted octanol–water partition coefficient (Wildman–Crippen LogP) is 4.23. The van der Waals surface area contributed by atoms with Crippen molar-refractivity contribution in [2.75, 3.05) is 0 Å². The summed E-state index contributed by atoms with van der Waals surface area (Å²) in [6.45, 7) is 3.12. The molecule has 180 valence electrons. The number of halogens is 3. The van der Waals surface area contributed by atoms with Gasteiger partial charge in [-0.15, -0.1) is 0 Å². The predicted molar refractivity (Wildman–Crippen MR) is 117 cm³/mol. The Hall–Kier alpha value is -3.07. The SMILES string of the molecule is CC(C)[C@@H](C(=O)N[C@@H](CCc1ccccc1)[C@H](O)C(F)(F)F)N(Cc1ccccc1)C(=O)O. The van der Waals surface area contributed by atoms with Crippen LogP contribution in [0, 0.1) is 5.92 Å². The van der Waals surface area contributed by atoms with Crippen molar-refractivity contribution in [2.24, 2.45) is 5.92 Å². The fraction of sp³-hybridized carbons (Fsp3) is 0.417. The lowest BCUT2D eigenvalue weighted by Gasteiger charge is -2.34. The fourth-order valence-corrected chi connectivity index (χ4v) is 3.64. The number of aryl methyl sites for hydroxylation is 1. The Labute approximate surface area is 191 Å². The lowest BCUT2D eigenvalue weighted by Crippen LogP contribution is -2.57. The molecule has 3 atom stereocenters. The maximum Gasteiger partial charge on any atom is 0.416 e. The number of nitrogens with one attached hydrogen (secondary N) is 1. The van der Waals surface area contributed by atoms with Crippen LogP contribution in [-0.2, 0) is 17.8 Å². The number of carbonyl (C=O) groups excluding carboxylic acids is 1. The normalized spacial score (nSPS) is 14.4. The van der Waals surface area contributed by atoms with Crippen LogP contribution < -0.4 is 5.32 Å². The summed E-state index contributed by atoms with van der Waals surface area (Å²) in [5.74, 6) is -1.41. The van der Waals surface area contributed by atoms with Crippen LogP contribution in [0.5, 0.6) is 0 Å². The molecular weight excluding hydrogens is 437 g/mol. The molecule has 0 spiro atoms. The molecular formula is C24H29F3N2O4. The average Bonchev–Trinajstić information content (AvgIpc) is 2.76. The number of rotatable bonds is 10. The smallest absolute Gasteiger partial charge is 0.416 e. The van der Waals surface area contributed by atoms with Crippen LogP contribution in [0.15, 0.2) is 60.7 Å². The summed E-state index contributed by atoms with van der Waals surface area (Å²) in [4.78, 5) is 25.9. The zero-order valence-corrected chi connectivity index (χ0v) is 18.5. The third kappa shape index (κ3) is 7.78. The third-order valence-corrected chi connectivity index (χ3v) is 5.31. The van der Waals surface area contributed by atoms with Crippen molar-refractivity contribution in [3.8, 4) is 0 Å². The number of hydrogen-bond acceptors (Lipinski definition) is 3. The van der Waals surface area contributed by atoms with E-state index in [1.54, 1.807) is 74.5 Å². The zero-order valence-electron chi connectivity index (χ0n) is 18.5. The molecule has 33 heavy (non-hydrogen) atoms. The monoisotopic (exact) mass is 466 g/mol. The molecule has 0 heterocycles. The summed E-state index contributed by atoms with van der Waals surface area (Å²) >= 11 is 0. The summed E-state index contributed by atoms with van der Waals surface area (Å²) < 4.78 is 39.9. The maximum absolute atomic E-state index is 13.3. The van der Waals surface area contributed by atoms with Gasteiger partial charge in [0.25, 0.3) is 0 Å². The Morgan fingerprint density at radius 1 is 0.970 bits per heavy atom. The van der Waals surface area contributed by atoms with Crippen LogP contribution >= 0.6 is 0 Å². The number of carboxylic acid groups (broad SMARTS) is 1. The third-order valence-electron chi connectivity index (χ3n) is 5.31. The molecule has 2 aromatic carbocycles. The van der Waals surface area contributed by atoms with Crippen LogP contribution in [0.2, 0.25) is 0 Å². The molecule has 0 aromatic heterocycles. The lowest BCUT2D eigenvalue weighted by molar-refractivity contribution is -0.212. The lowest BCUT2D eigenvalue weighted by atomic mass is 9.97. The van der Waals surface area contributed by atoms with E-state index in [4.69, 9.17) is 0 Å². The second-order valence-corrected chi connectivity index (χ2v) is 8.21. The molecule has 3 N–H and O–H groups in total. The second-order valence-electron chi connectivity index (χ2n) is 8.21. The highest BCUT2D eigenvalue weighted by atomic mass is 19.4. The first kappa shape index (κ1) is 26.2. The van der Waals surface area contributed by atoms with Gasteiger partial charge in [0.1, 0.15) is 6.04 Å². The van der Waals surface area contributed by atoms with Gasteiger partial charge in [0.05, 0.1) is 6.04 Å². The fourth-order valence-electron chi connectivity index (χ4n) is 3.64. The van der Waals surface area contributed by atoms with E-state index < -0.39 is 42.3 Å². The summed E-state index contributed by atoms with van der Waals surface area (Å²) in [6.07, 6.45) is -9.08. The molecule has 0 saturated heterocycles. The van der Waals surface area contributed by atoms with Crippen molar-refractivity contribution < 1.29 is 33.0 Å². The molecule has 2 amide bonds. The Morgan fingerprint density at radius 2 is 1.48 bits per heavy atom. The molecule has 0 fully saturated rings. The van der Waals surface area contributed by atoms with Crippen molar-refractivity contribution in [3.63, 3.8) is 0 Å². The van der Waals surface area contributed by atoms with E-state index in [-0.39, 0.29) is 19.4 Å². The van der Waals surface area contributed by atoms with Gasteiger partial charge in [-0.1, -0.05) is 74.5 Å². The highest BCUT2D eigenvalue weighted by Gasteiger charge is 2.45. The first-order valence-electron chi connectivity index (χ1n) is 10.6. The maximum atomic E-state index is 13.3. The highest BCUT2D eigenvalue weighted by molar-refractivity contribution is 5.85. The minimum absolute atomic E-state index is 0.108. The molecule has 9 heteroatoms. The van der Waals surface area contributed by atoms with E-state index >= 15 is 0 Å². The van der Waals surface area contributed by atoms with Crippen LogP contribution in [0.4, 0.5) is 18.0 Å². The Balaban J connectivity index is 2.24. The molecule has 2 aromatic rings. The number of carbonyl (C=O) groups is 2. The van der Waals surface area contributed by atoms with Gasteiger partial charge >= 0.3 is 12.3 Å². The number of benzene rings is 2. The number of hydrogen-bond donors (Lipinski definition) is 3. The standard InChI is InChI=1S/C24H29F3N2O4/c1-16(2)20(29(23(32)33)15-18-11-7-4-8-12-18)22(31)28-19(21(30)24(25,26)27)14-13-17-9-5-3-6-10-17/h3-12,16,19-21,30H,13-15H2,1-2H3,(H,28,31)(H,32,33)/t19-,20-,21-/m0/s1. The summed E-state index contributed by atoms with van der Waals surface area (Å²) in [6, 6.07) is 14.4. The topological polar surface area (TPSA) is 89.9 Å². The Morgan fingerprint density at radius 3 is 1.94 bits per heavy atom. The molecule has 0 radical (unpaired) electrons. The van der Waals surface area contributed by atoms with Gasteiger partial charge in [0.2, 0.25) is 5.91 Å². The van der Waals surface area contributed by atoms with E-state index in [9.17, 15) is 33.0 Å².